The van der Waals surface area contributed by atoms with Crippen LogP contribution in [0.3, 0.4) is 0 Å². The van der Waals surface area contributed by atoms with Crippen LogP contribution in [0.15, 0.2) is 18.3 Å². The average molecular weight is 289 g/mol. The van der Waals surface area contributed by atoms with Crippen molar-refractivity contribution in [3.63, 3.8) is 0 Å². The van der Waals surface area contributed by atoms with E-state index >= 15 is 0 Å². The second-order valence-electron chi connectivity index (χ2n) is 6.04. The van der Waals surface area contributed by atoms with Crippen molar-refractivity contribution in [3.8, 4) is 5.88 Å². The SMILES string of the molecule is Cc1c(CNc2ccc(N)c(OC(C)(C)C)n2)cnn1C. The van der Waals surface area contributed by atoms with Crippen LogP contribution in [0.25, 0.3) is 0 Å². The number of nitrogens with one attached hydrogen (secondary N) is 1. The van der Waals surface area contributed by atoms with Gasteiger partial charge in [0.25, 0.3) is 0 Å². The lowest BCUT2D eigenvalue weighted by molar-refractivity contribution is 0.125. The Kier molecular flexibility index (Phi) is 4.06. The molecular weight excluding hydrogens is 266 g/mol. The van der Waals surface area contributed by atoms with Crippen molar-refractivity contribution in [2.24, 2.45) is 7.05 Å². The molecule has 3 N–H and O–H groups in total. The molecule has 0 aromatic carbocycles. The van der Waals surface area contributed by atoms with Gasteiger partial charge in [0.05, 0.1) is 11.9 Å². The molecule has 0 aliphatic heterocycles. The maximum absolute atomic E-state index is 5.90. The van der Waals surface area contributed by atoms with Crippen molar-refractivity contribution >= 4 is 11.5 Å². The van der Waals surface area contributed by atoms with Gasteiger partial charge in [-0.25, -0.2) is 0 Å². The van der Waals surface area contributed by atoms with E-state index in [1.807, 2.05) is 51.7 Å². The van der Waals surface area contributed by atoms with Crippen LogP contribution < -0.4 is 15.8 Å². The zero-order valence-corrected chi connectivity index (χ0v) is 13.3. The fourth-order valence-electron chi connectivity index (χ4n) is 1.82. The highest BCUT2D eigenvalue weighted by Crippen LogP contribution is 2.25. The Hall–Kier alpha value is -2.24. The van der Waals surface area contributed by atoms with Crippen molar-refractivity contribution in [2.75, 3.05) is 11.1 Å². The number of anilines is 2. The smallest absolute Gasteiger partial charge is 0.239 e. The Morgan fingerprint density at radius 3 is 2.62 bits per heavy atom. The molecule has 6 nitrogen and oxygen atoms in total. The quantitative estimate of drug-likeness (QED) is 0.904. The van der Waals surface area contributed by atoms with Crippen molar-refractivity contribution < 1.29 is 4.74 Å². The lowest BCUT2D eigenvalue weighted by Gasteiger charge is -2.21. The number of aromatic nitrogens is 3. The van der Waals surface area contributed by atoms with Crippen LogP contribution in [0, 0.1) is 6.92 Å². The van der Waals surface area contributed by atoms with Gasteiger partial charge in [-0.3, -0.25) is 4.68 Å². The molecule has 0 aliphatic rings. The summed E-state index contributed by atoms with van der Waals surface area (Å²) in [6.45, 7) is 8.59. The number of ether oxygens (including phenoxy) is 1. The van der Waals surface area contributed by atoms with Gasteiger partial charge in [0, 0.05) is 24.8 Å². The Morgan fingerprint density at radius 1 is 1.33 bits per heavy atom. The largest absolute Gasteiger partial charge is 0.470 e. The second kappa shape index (κ2) is 5.63. The molecule has 2 heterocycles. The second-order valence-corrected chi connectivity index (χ2v) is 6.04. The molecule has 6 heteroatoms. The van der Waals surface area contributed by atoms with E-state index in [0.29, 0.717) is 18.1 Å². The summed E-state index contributed by atoms with van der Waals surface area (Å²) >= 11 is 0. The standard InChI is InChI=1S/C15H23N5O/c1-10-11(9-18-20(10)5)8-17-13-7-6-12(16)14(19-13)21-15(2,3)4/h6-7,9H,8,16H2,1-5H3,(H,17,19). The number of aryl methyl sites for hydroxylation is 1. The molecule has 114 valence electrons. The highest BCUT2D eigenvalue weighted by atomic mass is 16.5. The van der Waals surface area contributed by atoms with Crippen molar-refractivity contribution in [2.45, 2.75) is 39.8 Å². The minimum atomic E-state index is -0.334. The number of rotatable bonds is 4. The summed E-state index contributed by atoms with van der Waals surface area (Å²) in [5, 5.41) is 7.49. The van der Waals surface area contributed by atoms with Gasteiger partial charge < -0.3 is 15.8 Å². The van der Waals surface area contributed by atoms with E-state index in [-0.39, 0.29) is 5.60 Å². The molecule has 21 heavy (non-hydrogen) atoms. The summed E-state index contributed by atoms with van der Waals surface area (Å²) in [6.07, 6.45) is 1.85. The minimum absolute atomic E-state index is 0.334. The van der Waals surface area contributed by atoms with E-state index < -0.39 is 0 Å². The molecule has 0 spiro atoms. The number of hydrogen-bond acceptors (Lipinski definition) is 5. The van der Waals surface area contributed by atoms with Crippen LogP contribution in [0.4, 0.5) is 11.5 Å². The van der Waals surface area contributed by atoms with Gasteiger partial charge >= 0.3 is 0 Å². The van der Waals surface area contributed by atoms with E-state index in [1.54, 1.807) is 6.07 Å². The molecule has 0 saturated carbocycles. The molecule has 0 unspecified atom stereocenters. The van der Waals surface area contributed by atoms with E-state index in [4.69, 9.17) is 10.5 Å². The van der Waals surface area contributed by atoms with Crippen molar-refractivity contribution in [1.82, 2.24) is 14.8 Å². The zero-order chi connectivity index (χ0) is 15.6. The molecule has 0 saturated heterocycles. The number of hydrogen-bond donors (Lipinski definition) is 2. The topological polar surface area (TPSA) is 78.0 Å². The first-order valence-electron chi connectivity index (χ1n) is 6.93. The highest BCUT2D eigenvalue weighted by Gasteiger charge is 2.15. The van der Waals surface area contributed by atoms with Crippen molar-refractivity contribution in [3.05, 3.63) is 29.6 Å². The van der Waals surface area contributed by atoms with Crippen LogP contribution in [0.1, 0.15) is 32.0 Å². The zero-order valence-electron chi connectivity index (χ0n) is 13.3. The van der Waals surface area contributed by atoms with E-state index in [9.17, 15) is 0 Å². The molecule has 0 radical (unpaired) electrons. The maximum Gasteiger partial charge on any atom is 0.239 e. The summed E-state index contributed by atoms with van der Waals surface area (Å²) in [5.41, 5.74) is 8.37. The van der Waals surface area contributed by atoms with Crippen LogP contribution in [-0.2, 0) is 13.6 Å². The van der Waals surface area contributed by atoms with Gasteiger partial charge in [0.2, 0.25) is 5.88 Å². The van der Waals surface area contributed by atoms with Gasteiger partial charge in [-0.2, -0.15) is 10.1 Å². The molecule has 0 amide bonds. The lowest BCUT2D eigenvalue weighted by atomic mass is 10.2. The molecule has 2 aromatic heterocycles. The minimum Gasteiger partial charge on any atom is -0.470 e. The van der Waals surface area contributed by atoms with E-state index in [2.05, 4.69) is 15.4 Å². The van der Waals surface area contributed by atoms with Gasteiger partial charge in [0.1, 0.15) is 11.4 Å². The van der Waals surface area contributed by atoms with Gasteiger partial charge in [0.15, 0.2) is 0 Å². The monoisotopic (exact) mass is 289 g/mol. The Bertz CT molecular complexity index is 627. The average Bonchev–Trinajstić information content (AvgIpc) is 2.69. The Labute approximate surface area is 125 Å². The first-order valence-corrected chi connectivity index (χ1v) is 6.93. The number of pyridine rings is 1. The number of nitrogens with zero attached hydrogens (tertiary/aromatic N) is 3. The molecular formula is C15H23N5O. The third kappa shape index (κ3) is 3.87. The third-order valence-corrected chi connectivity index (χ3v) is 3.09. The van der Waals surface area contributed by atoms with Crippen molar-refractivity contribution in [1.29, 1.82) is 0 Å². The molecule has 0 fully saturated rings. The summed E-state index contributed by atoms with van der Waals surface area (Å²) < 4.78 is 7.61. The lowest BCUT2D eigenvalue weighted by Crippen LogP contribution is -2.24. The Morgan fingerprint density at radius 2 is 2.05 bits per heavy atom. The summed E-state index contributed by atoms with van der Waals surface area (Å²) in [7, 11) is 1.93. The van der Waals surface area contributed by atoms with Crippen LogP contribution in [-0.4, -0.2) is 20.4 Å². The fraction of sp³-hybridized carbons (Fsp3) is 0.467. The first-order chi connectivity index (χ1) is 9.76. The number of nitrogen functional groups attached to an aromatic ring is 1. The summed E-state index contributed by atoms with van der Waals surface area (Å²) in [5.74, 6) is 1.18. The molecule has 2 aromatic rings. The van der Waals surface area contributed by atoms with Crippen LogP contribution in [0.5, 0.6) is 5.88 Å². The van der Waals surface area contributed by atoms with Gasteiger partial charge in [-0.1, -0.05) is 0 Å². The summed E-state index contributed by atoms with van der Waals surface area (Å²) in [6, 6.07) is 3.64. The predicted molar refractivity (Wildman–Crippen MR) is 84.3 cm³/mol. The molecule has 0 atom stereocenters. The highest BCUT2D eigenvalue weighted by molar-refractivity contribution is 5.54. The Balaban J connectivity index is 2.10. The van der Waals surface area contributed by atoms with Gasteiger partial charge in [-0.15, -0.1) is 0 Å². The third-order valence-electron chi connectivity index (χ3n) is 3.09. The molecule has 0 bridgehead atoms. The van der Waals surface area contributed by atoms with Gasteiger partial charge in [-0.05, 0) is 39.8 Å². The maximum atomic E-state index is 5.90. The number of nitrogens with two attached hydrogens (primary N) is 1. The fourth-order valence-corrected chi connectivity index (χ4v) is 1.82. The first kappa shape index (κ1) is 15.2. The normalized spacial score (nSPS) is 11.5. The van der Waals surface area contributed by atoms with Crippen LogP contribution in [0.2, 0.25) is 0 Å². The molecule has 2 rings (SSSR count). The predicted octanol–water partition coefficient (Wildman–Crippen LogP) is 2.50. The van der Waals surface area contributed by atoms with Crippen LogP contribution >= 0.6 is 0 Å². The van der Waals surface area contributed by atoms with E-state index in [1.165, 1.54) is 0 Å². The summed E-state index contributed by atoms with van der Waals surface area (Å²) in [4.78, 5) is 4.42. The molecule has 0 aliphatic carbocycles. The van der Waals surface area contributed by atoms with E-state index in [0.717, 1.165) is 17.1 Å².